The maximum absolute atomic E-state index is 12.9. The first-order valence-electron chi connectivity index (χ1n) is 33.5. The van der Waals surface area contributed by atoms with E-state index in [1.807, 2.05) is 0 Å². The number of carbonyl (C=O) groups excluding carboxylic acids is 3. The largest absolute Gasteiger partial charge is 0.462 e. The molecule has 0 aliphatic carbocycles. The van der Waals surface area contributed by atoms with Gasteiger partial charge in [-0.05, 0) is 57.8 Å². The topological polar surface area (TPSA) is 78.9 Å². The molecule has 440 valence electrons. The van der Waals surface area contributed by atoms with E-state index >= 15 is 0 Å². The molecule has 0 saturated heterocycles. The van der Waals surface area contributed by atoms with Gasteiger partial charge in [-0.25, -0.2) is 0 Å². The van der Waals surface area contributed by atoms with Crippen LogP contribution in [0.2, 0.25) is 0 Å². The van der Waals surface area contributed by atoms with E-state index < -0.39 is 6.10 Å². The van der Waals surface area contributed by atoms with Crippen LogP contribution in [-0.2, 0) is 28.6 Å². The Hall–Kier alpha value is -2.37. The maximum atomic E-state index is 12.9. The zero-order valence-electron chi connectivity index (χ0n) is 50.6. The minimum atomic E-state index is -0.769. The molecule has 6 nitrogen and oxygen atoms in total. The minimum absolute atomic E-state index is 0.0689. The molecule has 0 aromatic carbocycles. The van der Waals surface area contributed by atoms with Crippen LogP contribution < -0.4 is 0 Å². The number of carbonyl (C=O) groups is 3. The Balaban J connectivity index is 4.08. The summed E-state index contributed by atoms with van der Waals surface area (Å²) in [5, 5.41) is 0. The van der Waals surface area contributed by atoms with Gasteiger partial charge in [0.25, 0.3) is 0 Å². The fourth-order valence-corrected chi connectivity index (χ4v) is 10.1. The van der Waals surface area contributed by atoms with Crippen molar-refractivity contribution >= 4 is 17.9 Å². The highest BCUT2D eigenvalue weighted by Gasteiger charge is 2.19. The third-order valence-electron chi connectivity index (χ3n) is 15.1. The molecule has 0 rings (SSSR count). The first-order valence-corrected chi connectivity index (χ1v) is 33.5. The number of hydrogen-bond donors (Lipinski definition) is 0. The third-order valence-corrected chi connectivity index (χ3v) is 15.1. The summed E-state index contributed by atoms with van der Waals surface area (Å²) in [5.41, 5.74) is 0. The first kappa shape index (κ1) is 72.6. The fourth-order valence-electron chi connectivity index (χ4n) is 10.1. The SMILES string of the molecule is CCCCCCC/C=C\C/C=C\C/C=C\CCCCCCCCCCCCC(=O)OCC(COC(=O)CCCCCCCCC)OC(=O)CCCCCCCCCCCCCCCCCCCCCCCCCCC. The summed E-state index contributed by atoms with van der Waals surface area (Å²) in [5.74, 6) is -0.856. The van der Waals surface area contributed by atoms with Crippen LogP contribution in [0, 0.1) is 0 Å². The summed E-state index contributed by atoms with van der Waals surface area (Å²) in [6, 6.07) is 0. The van der Waals surface area contributed by atoms with E-state index in [2.05, 4.69) is 57.2 Å². The highest BCUT2D eigenvalue weighted by molar-refractivity contribution is 5.71. The molecular weight excluding hydrogens is 925 g/mol. The molecule has 0 saturated carbocycles. The van der Waals surface area contributed by atoms with Crippen molar-refractivity contribution < 1.29 is 28.6 Å². The quantitative estimate of drug-likeness (QED) is 0.0261. The summed E-state index contributed by atoms with van der Waals surface area (Å²) in [6.45, 7) is 6.65. The number of unbranched alkanes of at least 4 members (excludes halogenated alkanes) is 45. The lowest BCUT2D eigenvalue weighted by molar-refractivity contribution is -0.167. The molecule has 75 heavy (non-hydrogen) atoms. The second-order valence-electron chi connectivity index (χ2n) is 22.7. The Bertz CT molecular complexity index is 1250. The zero-order valence-corrected chi connectivity index (χ0v) is 50.6. The lowest BCUT2D eigenvalue weighted by Crippen LogP contribution is -2.30. The normalized spacial score (nSPS) is 12.2. The summed E-state index contributed by atoms with van der Waals surface area (Å²) >= 11 is 0. The Morgan fingerprint density at radius 1 is 0.267 bits per heavy atom. The standard InChI is InChI=1S/C69H128O6/c1-4-7-10-13-16-18-20-22-24-26-28-30-32-34-36-38-40-42-44-46-48-50-53-56-59-62-68(71)74-65-66(64-73-67(70)61-58-55-52-15-12-9-6-3)75-69(72)63-60-57-54-51-49-47-45-43-41-39-37-35-33-31-29-27-25-23-21-19-17-14-11-8-5-2/h20,22,26,28,32,34,66H,4-19,21,23-25,27,29-31,33,35-65H2,1-3H3/b22-20-,28-26-,34-32-. The van der Waals surface area contributed by atoms with E-state index in [0.29, 0.717) is 19.3 Å². The molecule has 0 aliphatic rings. The highest BCUT2D eigenvalue weighted by atomic mass is 16.6. The van der Waals surface area contributed by atoms with Crippen LogP contribution in [0.1, 0.15) is 367 Å². The number of allylic oxidation sites excluding steroid dienone is 6. The van der Waals surface area contributed by atoms with Gasteiger partial charge in [0.1, 0.15) is 13.2 Å². The van der Waals surface area contributed by atoms with Gasteiger partial charge in [-0.15, -0.1) is 0 Å². The predicted molar refractivity (Wildman–Crippen MR) is 326 cm³/mol. The van der Waals surface area contributed by atoms with E-state index in [-0.39, 0.29) is 31.1 Å². The molecule has 0 fully saturated rings. The van der Waals surface area contributed by atoms with Gasteiger partial charge in [-0.3, -0.25) is 14.4 Å². The van der Waals surface area contributed by atoms with E-state index in [4.69, 9.17) is 14.2 Å². The van der Waals surface area contributed by atoms with Crippen molar-refractivity contribution in [3.05, 3.63) is 36.5 Å². The van der Waals surface area contributed by atoms with Crippen LogP contribution in [0.25, 0.3) is 0 Å². The van der Waals surface area contributed by atoms with Gasteiger partial charge < -0.3 is 14.2 Å². The predicted octanol–water partition coefficient (Wildman–Crippen LogP) is 22.8. The van der Waals surface area contributed by atoms with Gasteiger partial charge in [0.2, 0.25) is 0 Å². The summed E-state index contributed by atoms with van der Waals surface area (Å²) < 4.78 is 16.9. The molecule has 0 amide bonds. The average molecular weight is 1050 g/mol. The van der Waals surface area contributed by atoms with Crippen molar-refractivity contribution in [3.8, 4) is 0 Å². The monoisotopic (exact) mass is 1050 g/mol. The molecule has 0 heterocycles. The van der Waals surface area contributed by atoms with Crippen molar-refractivity contribution in [2.45, 2.75) is 374 Å². The minimum Gasteiger partial charge on any atom is -0.462 e. The molecule has 0 aromatic rings. The molecule has 0 aliphatic heterocycles. The summed E-state index contributed by atoms with van der Waals surface area (Å²) in [7, 11) is 0. The highest BCUT2D eigenvalue weighted by Crippen LogP contribution is 2.18. The molecule has 6 heteroatoms. The second kappa shape index (κ2) is 64.2. The van der Waals surface area contributed by atoms with Crippen LogP contribution in [0.3, 0.4) is 0 Å². The summed E-state index contributed by atoms with van der Waals surface area (Å²) in [4.78, 5) is 38.1. The van der Waals surface area contributed by atoms with Crippen molar-refractivity contribution in [2.75, 3.05) is 13.2 Å². The van der Waals surface area contributed by atoms with Crippen LogP contribution in [0.15, 0.2) is 36.5 Å². The van der Waals surface area contributed by atoms with Gasteiger partial charge in [-0.2, -0.15) is 0 Å². The Morgan fingerprint density at radius 3 is 0.747 bits per heavy atom. The van der Waals surface area contributed by atoms with Crippen LogP contribution in [0.5, 0.6) is 0 Å². The Kier molecular flexibility index (Phi) is 62.1. The number of esters is 3. The van der Waals surface area contributed by atoms with E-state index in [1.165, 1.54) is 257 Å². The number of hydrogen-bond acceptors (Lipinski definition) is 6. The average Bonchev–Trinajstić information content (AvgIpc) is 3.41. The van der Waals surface area contributed by atoms with Crippen molar-refractivity contribution in [3.63, 3.8) is 0 Å². The molecule has 0 aromatic heterocycles. The zero-order chi connectivity index (χ0) is 54.3. The van der Waals surface area contributed by atoms with E-state index in [9.17, 15) is 14.4 Å². The smallest absolute Gasteiger partial charge is 0.306 e. The van der Waals surface area contributed by atoms with Gasteiger partial charge in [0.15, 0.2) is 6.10 Å². The maximum Gasteiger partial charge on any atom is 0.306 e. The van der Waals surface area contributed by atoms with Crippen LogP contribution in [0.4, 0.5) is 0 Å². The van der Waals surface area contributed by atoms with E-state index in [1.54, 1.807) is 0 Å². The van der Waals surface area contributed by atoms with E-state index in [0.717, 1.165) is 70.6 Å². The molecule has 0 spiro atoms. The van der Waals surface area contributed by atoms with Crippen molar-refractivity contribution in [2.24, 2.45) is 0 Å². The van der Waals surface area contributed by atoms with Crippen LogP contribution in [-0.4, -0.2) is 37.2 Å². The first-order chi connectivity index (χ1) is 37.0. The third kappa shape index (κ3) is 62.4. The molecule has 0 radical (unpaired) electrons. The Labute approximate surface area is 467 Å². The van der Waals surface area contributed by atoms with Gasteiger partial charge in [0.05, 0.1) is 0 Å². The molecule has 0 bridgehead atoms. The number of rotatable bonds is 62. The Morgan fingerprint density at radius 2 is 0.480 bits per heavy atom. The molecule has 1 unspecified atom stereocenters. The van der Waals surface area contributed by atoms with Crippen molar-refractivity contribution in [1.29, 1.82) is 0 Å². The summed E-state index contributed by atoms with van der Waals surface area (Å²) in [6.07, 6.45) is 79.1. The fraction of sp³-hybridized carbons (Fsp3) is 0.870. The second-order valence-corrected chi connectivity index (χ2v) is 22.7. The van der Waals surface area contributed by atoms with Crippen LogP contribution >= 0.6 is 0 Å². The number of ether oxygens (including phenoxy) is 3. The molecular formula is C69H128O6. The van der Waals surface area contributed by atoms with Gasteiger partial charge in [-0.1, -0.05) is 327 Å². The lowest BCUT2D eigenvalue weighted by Gasteiger charge is -2.18. The van der Waals surface area contributed by atoms with Gasteiger partial charge in [0, 0.05) is 19.3 Å². The molecule has 0 N–H and O–H groups in total. The van der Waals surface area contributed by atoms with Crippen molar-refractivity contribution in [1.82, 2.24) is 0 Å². The molecule has 1 atom stereocenters. The lowest BCUT2D eigenvalue weighted by atomic mass is 10.0. The van der Waals surface area contributed by atoms with Gasteiger partial charge >= 0.3 is 17.9 Å².